The largest absolute Gasteiger partial charge is 0.452 e. The zero-order chi connectivity index (χ0) is 24.7. The van der Waals surface area contributed by atoms with Crippen LogP contribution in [-0.2, 0) is 19.6 Å². The molecule has 1 aliphatic heterocycles. The fraction of sp³-hybridized carbons (Fsp3) is 0.400. The highest BCUT2D eigenvalue weighted by molar-refractivity contribution is 7.89. The molecule has 0 radical (unpaired) electrons. The third kappa shape index (κ3) is 6.22. The molecule has 1 saturated heterocycles. The van der Waals surface area contributed by atoms with Gasteiger partial charge < -0.3 is 9.64 Å². The Morgan fingerprint density at radius 1 is 1.06 bits per heavy atom. The Morgan fingerprint density at radius 3 is 2.26 bits per heavy atom. The number of amides is 1. The summed E-state index contributed by atoms with van der Waals surface area (Å²) in [7, 11) is -3.65. The molecule has 8 nitrogen and oxygen atoms in total. The average Bonchev–Trinajstić information content (AvgIpc) is 2.83. The lowest BCUT2D eigenvalue weighted by atomic mass is 9.94. The van der Waals surface area contributed by atoms with Crippen LogP contribution in [0.25, 0.3) is 0 Å². The molecule has 2 aromatic rings. The molecule has 34 heavy (non-hydrogen) atoms. The van der Waals surface area contributed by atoms with Gasteiger partial charge in [0.05, 0.1) is 22.9 Å². The molecule has 180 valence electrons. The molecule has 0 bridgehead atoms. The monoisotopic (exact) mass is 483 g/mol. The van der Waals surface area contributed by atoms with E-state index in [0.717, 1.165) is 6.42 Å². The predicted octanol–water partition coefficient (Wildman–Crippen LogP) is 3.46. The van der Waals surface area contributed by atoms with Crippen molar-refractivity contribution < 1.29 is 22.7 Å². The number of hydrogen-bond donors (Lipinski definition) is 0. The maximum atomic E-state index is 13.0. The molecule has 0 N–H and O–H groups in total. The van der Waals surface area contributed by atoms with Crippen LogP contribution in [0.3, 0.4) is 0 Å². The maximum Gasteiger partial charge on any atom is 0.338 e. The summed E-state index contributed by atoms with van der Waals surface area (Å²) in [6.45, 7) is 4.71. The van der Waals surface area contributed by atoms with Crippen LogP contribution in [-0.4, -0.2) is 50.8 Å². The van der Waals surface area contributed by atoms with Crippen LogP contribution in [0.2, 0.25) is 0 Å². The first-order chi connectivity index (χ1) is 16.2. The Bertz CT molecular complexity index is 1130. The minimum atomic E-state index is -3.65. The fourth-order valence-electron chi connectivity index (χ4n) is 4.17. The lowest BCUT2D eigenvalue weighted by molar-refractivity contribution is -0.121. The average molecular weight is 484 g/mol. The van der Waals surface area contributed by atoms with Crippen LogP contribution < -0.4 is 4.90 Å². The first-order valence-corrected chi connectivity index (χ1v) is 12.7. The van der Waals surface area contributed by atoms with Crippen molar-refractivity contribution in [2.24, 2.45) is 11.8 Å². The number of para-hydroxylation sites is 1. The van der Waals surface area contributed by atoms with Gasteiger partial charge in [-0.15, -0.1) is 0 Å². The third-order valence-corrected chi connectivity index (χ3v) is 7.55. The van der Waals surface area contributed by atoms with Gasteiger partial charge in [-0.2, -0.15) is 9.57 Å². The predicted molar refractivity (Wildman–Crippen MR) is 127 cm³/mol. The molecule has 0 spiro atoms. The van der Waals surface area contributed by atoms with Crippen LogP contribution >= 0.6 is 0 Å². The van der Waals surface area contributed by atoms with Crippen LogP contribution in [0.15, 0.2) is 59.5 Å². The topological polar surface area (TPSA) is 108 Å². The zero-order valence-electron chi connectivity index (χ0n) is 19.4. The summed E-state index contributed by atoms with van der Waals surface area (Å²) >= 11 is 0. The van der Waals surface area contributed by atoms with Gasteiger partial charge in [0.25, 0.3) is 5.91 Å². The van der Waals surface area contributed by atoms with Crippen molar-refractivity contribution in [3.8, 4) is 6.07 Å². The van der Waals surface area contributed by atoms with Gasteiger partial charge in [0.2, 0.25) is 10.0 Å². The van der Waals surface area contributed by atoms with Crippen molar-refractivity contribution in [1.82, 2.24) is 4.31 Å². The fourth-order valence-corrected chi connectivity index (χ4v) is 5.85. The van der Waals surface area contributed by atoms with Crippen molar-refractivity contribution in [2.75, 3.05) is 31.1 Å². The van der Waals surface area contributed by atoms with Crippen LogP contribution in [0, 0.1) is 23.2 Å². The number of benzene rings is 2. The van der Waals surface area contributed by atoms with Crippen LogP contribution in [0.4, 0.5) is 5.69 Å². The van der Waals surface area contributed by atoms with Gasteiger partial charge in [-0.3, -0.25) is 4.79 Å². The third-order valence-electron chi connectivity index (χ3n) is 5.71. The van der Waals surface area contributed by atoms with Crippen molar-refractivity contribution in [3.05, 3.63) is 60.2 Å². The number of piperidine rings is 1. The summed E-state index contributed by atoms with van der Waals surface area (Å²) in [5.41, 5.74) is 0.755. The van der Waals surface area contributed by atoms with Crippen molar-refractivity contribution >= 4 is 27.6 Å². The standard InChI is InChI=1S/C25H29N3O5S/c1-19-15-20(2)17-27(16-19)34(31,32)23-11-9-21(10-12-23)25(30)33-18-24(29)28(14-6-13-26)22-7-4-3-5-8-22/h3-5,7-12,19-20H,6,14-18H2,1-2H3/t19-,20-/m0/s1. The molecular formula is C25H29N3O5S. The molecule has 1 amide bonds. The summed E-state index contributed by atoms with van der Waals surface area (Å²) in [5, 5.41) is 8.88. The van der Waals surface area contributed by atoms with Gasteiger partial charge in [0.1, 0.15) is 0 Å². The van der Waals surface area contributed by atoms with E-state index in [1.807, 2.05) is 26.0 Å². The van der Waals surface area contributed by atoms with Crippen molar-refractivity contribution in [3.63, 3.8) is 0 Å². The van der Waals surface area contributed by atoms with Crippen LogP contribution in [0.5, 0.6) is 0 Å². The first-order valence-electron chi connectivity index (χ1n) is 11.2. The lowest BCUT2D eigenvalue weighted by Crippen LogP contribution is -2.42. The Hall–Kier alpha value is -3.22. The Labute approximate surface area is 200 Å². The molecule has 2 aromatic carbocycles. The van der Waals surface area contributed by atoms with E-state index in [2.05, 4.69) is 0 Å². The minimum Gasteiger partial charge on any atom is -0.452 e. The molecule has 1 aliphatic rings. The highest BCUT2D eigenvalue weighted by Crippen LogP contribution is 2.27. The number of anilines is 1. The van der Waals surface area contributed by atoms with Gasteiger partial charge in [-0.05, 0) is 54.7 Å². The molecular weight excluding hydrogens is 454 g/mol. The number of nitrogens with zero attached hydrogens (tertiary/aromatic N) is 3. The quantitative estimate of drug-likeness (QED) is 0.532. The number of sulfonamides is 1. The van der Waals surface area contributed by atoms with E-state index in [1.54, 1.807) is 24.3 Å². The Morgan fingerprint density at radius 2 is 1.68 bits per heavy atom. The number of ether oxygens (including phenoxy) is 1. The summed E-state index contributed by atoms with van der Waals surface area (Å²) < 4.78 is 32.7. The number of hydrogen-bond acceptors (Lipinski definition) is 6. The normalized spacial score (nSPS) is 18.6. The minimum absolute atomic E-state index is 0.119. The molecule has 9 heteroatoms. The molecule has 0 unspecified atom stereocenters. The van der Waals surface area contributed by atoms with Gasteiger partial charge in [-0.1, -0.05) is 32.0 Å². The molecule has 0 saturated carbocycles. The second-order valence-corrected chi connectivity index (χ2v) is 10.6. The van der Waals surface area contributed by atoms with Gasteiger partial charge in [0, 0.05) is 25.3 Å². The van der Waals surface area contributed by atoms with Gasteiger partial charge >= 0.3 is 5.97 Å². The van der Waals surface area contributed by atoms with E-state index in [1.165, 1.54) is 33.5 Å². The first kappa shape index (κ1) is 25.4. The maximum absolute atomic E-state index is 13.0. The molecule has 1 heterocycles. The van der Waals surface area contributed by atoms with Crippen LogP contribution in [0.1, 0.15) is 37.0 Å². The van der Waals surface area contributed by atoms with E-state index in [0.29, 0.717) is 18.8 Å². The number of esters is 1. The molecule has 1 fully saturated rings. The molecule has 3 rings (SSSR count). The smallest absolute Gasteiger partial charge is 0.338 e. The van der Waals surface area contributed by atoms with E-state index < -0.39 is 28.5 Å². The van der Waals surface area contributed by atoms with Gasteiger partial charge in [0.15, 0.2) is 6.61 Å². The number of carbonyl (C=O) groups is 2. The SMILES string of the molecule is C[C@H]1C[C@H](C)CN(S(=O)(=O)c2ccc(C(=O)OCC(=O)N(CCC#N)c3ccccc3)cc2)C1. The Kier molecular flexibility index (Phi) is 8.42. The van der Waals surface area contributed by atoms with E-state index >= 15 is 0 Å². The molecule has 2 atom stereocenters. The lowest BCUT2D eigenvalue weighted by Gasteiger charge is -2.34. The summed E-state index contributed by atoms with van der Waals surface area (Å²) in [6, 6.07) is 16.4. The summed E-state index contributed by atoms with van der Waals surface area (Å²) in [5.74, 6) is -0.615. The number of nitriles is 1. The highest BCUT2D eigenvalue weighted by Gasteiger charge is 2.31. The second kappa shape index (κ2) is 11.3. The van der Waals surface area contributed by atoms with E-state index in [9.17, 15) is 18.0 Å². The summed E-state index contributed by atoms with van der Waals surface area (Å²) in [4.78, 5) is 26.6. The summed E-state index contributed by atoms with van der Waals surface area (Å²) in [6.07, 6.45) is 1.13. The van der Waals surface area contributed by atoms with E-state index in [4.69, 9.17) is 10.00 Å². The second-order valence-electron chi connectivity index (χ2n) is 8.66. The van der Waals surface area contributed by atoms with Gasteiger partial charge in [-0.25, -0.2) is 13.2 Å². The highest BCUT2D eigenvalue weighted by atomic mass is 32.2. The zero-order valence-corrected chi connectivity index (χ0v) is 20.2. The van der Waals surface area contributed by atoms with Crippen molar-refractivity contribution in [1.29, 1.82) is 5.26 Å². The molecule has 0 aliphatic carbocycles. The molecule has 0 aromatic heterocycles. The Balaban J connectivity index is 1.64. The van der Waals surface area contributed by atoms with E-state index in [-0.39, 0.29) is 35.3 Å². The number of rotatable bonds is 8. The van der Waals surface area contributed by atoms with Crippen molar-refractivity contribution in [2.45, 2.75) is 31.6 Å². The number of carbonyl (C=O) groups excluding carboxylic acids is 2.